The van der Waals surface area contributed by atoms with Gasteiger partial charge in [0.2, 0.25) is 5.91 Å². The van der Waals surface area contributed by atoms with E-state index in [1.165, 1.54) is 0 Å². The second-order valence-electron chi connectivity index (χ2n) is 9.63. The van der Waals surface area contributed by atoms with Crippen molar-refractivity contribution < 1.29 is 14.4 Å². The predicted molar refractivity (Wildman–Crippen MR) is 123 cm³/mol. The number of hydrogen-bond acceptors (Lipinski definition) is 4. The molecule has 7 heteroatoms. The van der Waals surface area contributed by atoms with E-state index in [0.717, 1.165) is 19.3 Å². The van der Waals surface area contributed by atoms with Crippen LogP contribution < -0.4 is 21.7 Å². The van der Waals surface area contributed by atoms with Gasteiger partial charge in [-0.05, 0) is 44.9 Å². The van der Waals surface area contributed by atoms with Crippen molar-refractivity contribution in [1.82, 2.24) is 16.0 Å². The maximum atomic E-state index is 13.2. The minimum atomic E-state index is -0.593. The summed E-state index contributed by atoms with van der Waals surface area (Å²) < 4.78 is 0. The smallest absolute Gasteiger partial charge is 0.312 e. The molecular weight excluding hydrogens is 380 g/mol. The largest absolute Gasteiger partial charge is 0.352 e. The van der Waals surface area contributed by atoms with Crippen molar-refractivity contribution in [3.8, 4) is 0 Å². The highest BCUT2D eigenvalue weighted by atomic mass is 16.2. The Balaban J connectivity index is 5.45. The zero-order chi connectivity index (χ0) is 23.5. The third-order valence-electron chi connectivity index (χ3n) is 6.19. The number of urea groups is 1. The number of carbonyl (C=O) groups excluding carboxylic acids is 3. The van der Waals surface area contributed by atoms with Crippen molar-refractivity contribution in [2.45, 2.75) is 112 Å². The number of hydrogen-bond donors (Lipinski definition) is 4. The van der Waals surface area contributed by atoms with Crippen LogP contribution in [0.15, 0.2) is 0 Å². The van der Waals surface area contributed by atoms with E-state index in [0.29, 0.717) is 25.8 Å². The van der Waals surface area contributed by atoms with Gasteiger partial charge in [0.25, 0.3) is 0 Å². The molecule has 3 atom stereocenters. The van der Waals surface area contributed by atoms with E-state index in [4.69, 9.17) is 5.73 Å². The van der Waals surface area contributed by atoms with Gasteiger partial charge in [0.05, 0.1) is 12.1 Å². The molecule has 0 aliphatic rings. The van der Waals surface area contributed by atoms with Crippen LogP contribution in [0.4, 0.5) is 4.79 Å². The van der Waals surface area contributed by atoms with Gasteiger partial charge in [-0.15, -0.1) is 0 Å². The summed E-state index contributed by atoms with van der Waals surface area (Å²) in [6.07, 6.45) is 4.63. The molecule has 0 aromatic rings. The molecule has 30 heavy (non-hydrogen) atoms. The third-order valence-corrected chi connectivity index (χ3v) is 6.19. The maximum absolute atomic E-state index is 13.2. The topological polar surface area (TPSA) is 113 Å². The lowest BCUT2D eigenvalue weighted by Crippen LogP contribution is -2.59. The van der Waals surface area contributed by atoms with Crippen LogP contribution in [0.2, 0.25) is 0 Å². The molecule has 3 amide bonds. The average molecular weight is 427 g/mol. The summed E-state index contributed by atoms with van der Waals surface area (Å²) in [6.45, 7) is 16.6. The van der Waals surface area contributed by atoms with Crippen LogP contribution in [0.3, 0.4) is 0 Å². The Morgan fingerprint density at radius 3 is 2.03 bits per heavy atom. The zero-order valence-electron chi connectivity index (χ0n) is 20.5. The van der Waals surface area contributed by atoms with Gasteiger partial charge >= 0.3 is 6.03 Å². The molecule has 0 fully saturated rings. The Hall–Kier alpha value is -1.63. The van der Waals surface area contributed by atoms with Crippen LogP contribution in [0.1, 0.15) is 93.9 Å². The lowest BCUT2D eigenvalue weighted by molar-refractivity contribution is -0.134. The van der Waals surface area contributed by atoms with Crippen molar-refractivity contribution in [2.24, 2.45) is 17.1 Å². The fraction of sp³-hybridized carbons (Fsp3) is 0.870. The molecule has 0 radical (unpaired) electrons. The molecule has 0 bridgehead atoms. The third kappa shape index (κ3) is 9.45. The van der Waals surface area contributed by atoms with Crippen LogP contribution in [-0.4, -0.2) is 41.9 Å². The number of nitrogens with one attached hydrogen (secondary N) is 3. The number of nitrogens with two attached hydrogens (primary N) is 1. The molecule has 0 aromatic heterocycles. The van der Waals surface area contributed by atoms with E-state index in [1.807, 2.05) is 34.6 Å². The van der Waals surface area contributed by atoms with Crippen LogP contribution in [0.5, 0.6) is 0 Å². The van der Waals surface area contributed by atoms with Gasteiger partial charge < -0.3 is 21.7 Å². The molecule has 3 unspecified atom stereocenters. The Labute approximate surface area is 183 Å². The highest BCUT2D eigenvalue weighted by Crippen LogP contribution is 2.25. The SMILES string of the molecule is CCCC(C)(CC)NC(C(=O)NC(CCCNC(N)=O)C(=O)C(C)(C)CC)C(C)C. The minimum Gasteiger partial charge on any atom is -0.352 e. The normalized spacial score (nSPS) is 15.9. The molecule has 5 N–H and O–H groups in total. The van der Waals surface area contributed by atoms with Gasteiger partial charge in [-0.25, -0.2) is 4.79 Å². The van der Waals surface area contributed by atoms with E-state index in [2.05, 4.69) is 36.7 Å². The summed E-state index contributed by atoms with van der Waals surface area (Å²) in [5, 5.41) is 9.13. The fourth-order valence-electron chi connectivity index (χ4n) is 3.51. The van der Waals surface area contributed by atoms with Crippen molar-refractivity contribution in [1.29, 1.82) is 0 Å². The van der Waals surface area contributed by atoms with Crippen molar-refractivity contribution in [3.63, 3.8) is 0 Å². The first-order chi connectivity index (χ1) is 13.8. The number of Topliss-reactive ketones (excluding diaryl/α,β-unsaturated/α-hetero) is 1. The molecular formula is C23H46N4O3. The van der Waals surface area contributed by atoms with Crippen molar-refractivity contribution >= 4 is 17.7 Å². The first-order valence-corrected chi connectivity index (χ1v) is 11.5. The number of primary amides is 1. The lowest BCUT2D eigenvalue weighted by atomic mass is 9.80. The van der Waals surface area contributed by atoms with Crippen LogP contribution in [0.25, 0.3) is 0 Å². The molecule has 176 valence electrons. The molecule has 0 aliphatic heterocycles. The van der Waals surface area contributed by atoms with E-state index < -0.39 is 17.5 Å². The standard InChI is InChI=1S/C23H46N4O3/c1-9-14-23(8,11-3)27-18(16(4)5)20(29)26-17(13-12-15-25-21(24)30)19(28)22(6,7)10-2/h16-18,27H,9-15H2,1-8H3,(H,26,29)(H3,24,25,30). The quantitative estimate of drug-likeness (QED) is 0.300. The number of amides is 3. The summed E-state index contributed by atoms with van der Waals surface area (Å²) in [6, 6.07) is -1.57. The lowest BCUT2D eigenvalue weighted by Gasteiger charge is -2.36. The fourth-order valence-corrected chi connectivity index (χ4v) is 3.51. The average Bonchev–Trinajstić information content (AvgIpc) is 2.67. The number of rotatable bonds is 15. The molecule has 0 spiro atoms. The van der Waals surface area contributed by atoms with Crippen LogP contribution in [-0.2, 0) is 9.59 Å². The maximum Gasteiger partial charge on any atom is 0.312 e. The molecule has 7 nitrogen and oxygen atoms in total. The Kier molecular flexibility index (Phi) is 12.2. The van der Waals surface area contributed by atoms with Gasteiger partial charge in [0.1, 0.15) is 0 Å². The predicted octanol–water partition coefficient (Wildman–Crippen LogP) is 3.51. The Morgan fingerprint density at radius 2 is 1.60 bits per heavy atom. The van der Waals surface area contributed by atoms with E-state index in [-0.39, 0.29) is 29.2 Å². The second kappa shape index (κ2) is 12.9. The van der Waals surface area contributed by atoms with Crippen LogP contribution in [0, 0.1) is 11.3 Å². The van der Waals surface area contributed by atoms with Crippen LogP contribution >= 0.6 is 0 Å². The summed E-state index contributed by atoms with van der Waals surface area (Å²) in [7, 11) is 0. The monoisotopic (exact) mass is 426 g/mol. The molecule has 0 heterocycles. The van der Waals surface area contributed by atoms with E-state index in [9.17, 15) is 14.4 Å². The first kappa shape index (κ1) is 28.4. The summed E-state index contributed by atoms with van der Waals surface area (Å²) in [4.78, 5) is 37.3. The molecule has 0 saturated carbocycles. The highest BCUT2D eigenvalue weighted by Gasteiger charge is 2.36. The van der Waals surface area contributed by atoms with Gasteiger partial charge in [-0.3, -0.25) is 9.59 Å². The van der Waals surface area contributed by atoms with Gasteiger partial charge in [-0.2, -0.15) is 0 Å². The van der Waals surface area contributed by atoms with Gasteiger partial charge in [0.15, 0.2) is 5.78 Å². The number of carbonyl (C=O) groups is 3. The number of ketones is 1. The Bertz CT molecular complexity index is 563. The second-order valence-corrected chi connectivity index (χ2v) is 9.63. The van der Waals surface area contributed by atoms with E-state index >= 15 is 0 Å². The molecule has 0 saturated heterocycles. The van der Waals surface area contributed by atoms with Crippen molar-refractivity contribution in [2.75, 3.05) is 6.54 Å². The highest BCUT2D eigenvalue weighted by molar-refractivity contribution is 5.93. The van der Waals surface area contributed by atoms with Gasteiger partial charge in [-0.1, -0.05) is 54.9 Å². The summed E-state index contributed by atoms with van der Waals surface area (Å²) in [5.74, 6) is -0.0418. The zero-order valence-corrected chi connectivity index (χ0v) is 20.5. The molecule has 0 rings (SSSR count). The van der Waals surface area contributed by atoms with E-state index in [1.54, 1.807) is 0 Å². The first-order valence-electron chi connectivity index (χ1n) is 11.5. The Morgan fingerprint density at radius 1 is 1.00 bits per heavy atom. The minimum absolute atomic E-state index is 0.0201. The van der Waals surface area contributed by atoms with Gasteiger partial charge in [0, 0.05) is 17.5 Å². The summed E-state index contributed by atoms with van der Waals surface area (Å²) in [5.41, 5.74) is 4.45. The molecule has 0 aliphatic carbocycles. The molecule has 0 aromatic carbocycles. The summed E-state index contributed by atoms with van der Waals surface area (Å²) >= 11 is 0. The van der Waals surface area contributed by atoms with Crippen molar-refractivity contribution in [3.05, 3.63) is 0 Å².